The van der Waals surface area contributed by atoms with E-state index in [-0.39, 0.29) is 36.2 Å². The summed E-state index contributed by atoms with van der Waals surface area (Å²) in [6, 6.07) is -0.147. The van der Waals surface area contributed by atoms with Crippen LogP contribution in [0.3, 0.4) is 0 Å². The maximum absolute atomic E-state index is 14.1. The largest absolute Gasteiger partial charge is 0.419 e. The highest BCUT2D eigenvalue weighted by Crippen LogP contribution is 2.46. The van der Waals surface area contributed by atoms with E-state index in [9.17, 15) is 43.5 Å². The normalized spacial score (nSPS) is 22.1. The van der Waals surface area contributed by atoms with Gasteiger partial charge in [-0.2, -0.15) is 26.3 Å². The highest BCUT2D eigenvalue weighted by molar-refractivity contribution is 7.92. The van der Waals surface area contributed by atoms with Gasteiger partial charge in [-0.25, -0.2) is 17.2 Å². The van der Waals surface area contributed by atoms with Crippen LogP contribution < -0.4 is 4.72 Å². The number of aromatic nitrogens is 1. The van der Waals surface area contributed by atoms with Crippen LogP contribution in [-0.4, -0.2) is 32.3 Å². The third-order valence-electron chi connectivity index (χ3n) is 5.84. The number of rotatable bonds is 4. The molecule has 2 atom stereocenters. The minimum absolute atomic E-state index is 0.00897. The Balaban J connectivity index is 2.00. The van der Waals surface area contributed by atoms with Gasteiger partial charge in [0, 0.05) is 31.5 Å². The summed E-state index contributed by atoms with van der Waals surface area (Å²) in [6.45, 7) is 1.32. The van der Waals surface area contributed by atoms with E-state index in [4.69, 9.17) is 4.74 Å². The number of ether oxygens (including phenoxy) is 1. The molecule has 1 unspecified atom stereocenters. The molecule has 0 saturated carbocycles. The van der Waals surface area contributed by atoms with Gasteiger partial charge in [0.25, 0.3) is 10.0 Å². The third-order valence-corrected chi connectivity index (χ3v) is 7.27. The van der Waals surface area contributed by atoms with Crippen LogP contribution in [0.2, 0.25) is 0 Å². The van der Waals surface area contributed by atoms with Gasteiger partial charge in [-0.3, -0.25) is 4.72 Å². The van der Waals surface area contributed by atoms with Gasteiger partial charge >= 0.3 is 12.4 Å². The molecule has 1 aliphatic rings. The molecule has 33 heavy (non-hydrogen) atoms. The van der Waals surface area contributed by atoms with Gasteiger partial charge in [0.15, 0.2) is 5.60 Å². The molecule has 184 valence electrons. The number of alkyl halides is 6. The van der Waals surface area contributed by atoms with Gasteiger partial charge in [-0.1, -0.05) is 6.92 Å². The Hall–Kier alpha value is -2.35. The number of sulfonamides is 1. The first-order valence-electron chi connectivity index (χ1n) is 9.43. The van der Waals surface area contributed by atoms with Crippen molar-refractivity contribution in [2.24, 2.45) is 5.92 Å². The molecule has 2 aromatic rings. The predicted molar refractivity (Wildman–Crippen MR) is 99.9 cm³/mol. The number of fused-ring (bicyclic) bond motifs is 1. The molecule has 1 aromatic heterocycles. The van der Waals surface area contributed by atoms with Gasteiger partial charge in [-0.15, -0.1) is 0 Å². The SMILES string of the molecule is COC1(C(F)(F)F)Cc2[nH]cc(S(=O)(=O)Nc3cc(F)c(C(F)(F)F)cc3F)c2CC[C@@H]1C. The Morgan fingerprint density at radius 1 is 1.12 bits per heavy atom. The lowest BCUT2D eigenvalue weighted by molar-refractivity contribution is -0.287. The molecule has 0 saturated heterocycles. The van der Waals surface area contributed by atoms with E-state index in [1.54, 1.807) is 4.72 Å². The van der Waals surface area contributed by atoms with Gasteiger partial charge in [0.1, 0.15) is 16.5 Å². The highest BCUT2D eigenvalue weighted by Gasteiger charge is 2.59. The number of H-pyrrole nitrogens is 1. The van der Waals surface area contributed by atoms with E-state index in [1.807, 2.05) is 0 Å². The quantitative estimate of drug-likeness (QED) is 0.443. The molecule has 0 spiro atoms. The highest BCUT2D eigenvalue weighted by atomic mass is 32.2. The van der Waals surface area contributed by atoms with Crippen molar-refractivity contribution in [1.29, 1.82) is 0 Å². The summed E-state index contributed by atoms with van der Waals surface area (Å²) in [6.07, 6.45) is -10.0. The van der Waals surface area contributed by atoms with Crippen molar-refractivity contribution in [3.8, 4) is 0 Å². The molecule has 0 radical (unpaired) electrons. The van der Waals surface area contributed by atoms with Crippen molar-refractivity contribution in [2.45, 2.75) is 49.0 Å². The second kappa shape index (κ2) is 8.15. The average molecular weight is 506 g/mol. The zero-order chi connectivity index (χ0) is 25.0. The van der Waals surface area contributed by atoms with E-state index < -0.39 is 68.1 Å². The summed E-state index contributed by atoms with van der Waals surface area (Å²) >= 11 is 0. The second-order valence-electron chi connectivity index (χ2n) is 7.73. The van der Waals surface area contributed by atoms with E-state index in [0.717, 1.165) is 13.3 Å². The van der Waals surface area contributed by atoms with Crippen molar-refractivity contribution in [3.05, 3.63) is 46.8 Å². The molecular weight excluding hydrogens is 488 g/mol. The van der Waals surface area contributed by atoms with Gasteiger partial charge < -0.3 is 9.72 Å². The second-order valence-corrected chi connectivity index (χ2v) is 9.38. The first-order valence-corrected chi connectivity index (χ1v) is 10.9. The summed E-state index contributed by atoms with van der Waals surface area (Å²) in [5.41, 5.74) is -5.67. The Bertz CT molecular complexity index is 1160. The van der Waals surface area contributed by atoms with Crippen molar-refractivity contribution in [1.82, 2.24) is 4.98 Å². The molecule has 1 heterocycles. The third kappa shape index (κ3) is 4.42. The minimum atomic E-state index is -5.21. The van der Waals surface area contributed by atoms with Crippen molar-refractivity contribution in [3.63, 3.8) is 0 Å². The van der Waals surface area contributed by atoms with Crippen LogP contribution in [0.5, 0.6) is 0 Å². The summed E-state index contributed by atoms with van der Waals surface area (Å²) in [5.74, 6) is -4.63. The fourth-order valence-corrected chi connectivity index (χ4v) is 5.31. The molecule has 3 rings (SSSR count). The summed E-state index contributed by atoms with van der Waals surface area (Å²) in [5, 5.41) is 0. The van der Waals surface area contributed by atoms with Gasteiger partial charge in [-0.05, 0) is 30.4 Å². The van der Waals surface area contributed by atoms with Crippen LogP contribution in [0.15, 0.2) is 23.2 Å². The first kappa shape index (κ1) is 25.3. The van der Waals surface area contributed by atoms with Crippen molar-refractivity contribution in [2.75, 3.05) is 11.8 Å². The molecule has 1 aliphatic carbocycles. The maximum atomic E-state index is 14.1. The molecule has 0 aliphatic heterocycles. The van der Waals surface area contributed by atoms with Crippen LogP contribution in [0.1, 0.15) is 30.2 Å². The van der Waals surface area contributed by atoms with E-state index in [0.29, 0.717) is 0 Å². The standard InChI is InChI=1S/C19H18F8N2O3S/c1-9-3-4-10-15(7-17(9,32-2)19(25,26)27)28-8-16(10)33(30,31)29-14-6-12(20)11(5-13(14)21)18(22,23)24/h5-6,8-9,28-29H,3-4,7H2,1-2H3/t9-,17?/m0/s1. The van der Waals surface area contributed by atoms with Crippen LogP contribution >= 0.6 is 0 Å². The van der Waals surface area contributed by atoms with Gasteiger partial charge in [0.05, 0.1) is 11.3 Å². The molecule has 5 nitrogen and oxygen atoms in total. The number of anilines is 1. The molecular formula is C19H18F8N2O3S. The Kier molecular flexibility index (Phi) is 6.24. The molecule has 0 amide bonds. The van der Waals surface area contributed by atoms with Crippen molar-refractivity contribution >= 4 is 15.7 Å². The first-order chi connectivity index (χ1) is 15.0. The minimum Gasteiger partial charge on any atom is -0.368 e. The maximum Gasteiger partial charge on any atom is 0.419 e. The average Bonchev–Trinajstić information content (AvgIpc) is 3.01. The Labute approximate surface area is 183 Å². The molecule has 0 fully saturated rings. The number of aromatic amines is 1. The fourth-order valence-electron chi connectivity index (χ4n) is 3.99. The Morgan fingerprint density at radius 2 is 1.76 bits per heavy atom. The fraction of sp³-hybridized carbons (Fsp3) is 0.474. The van der Waals surface area contributed by atoms with E-state index >= 15 is 0 Å². The lowest BCUT2D eigenvalue weighted by Crippen LogP contribution is -2.53. The number of hydrogen-bond acceptors (Lipinski definition) is 3. The van der Waals surface area contributed by atoms with Crippen LogP contribution in [0, 0.1) is 17.6 Å². The summed E-state index contributed by atoms with van der Waals surface area (Å²) in [7, 11) is -3.80. The van der Waals surface area contributed by atoms with Gasteiger partial charge in [0.2, 0.25) is 0 Å². The van der Waals surface area contributed by atoms with E-state index in [2.05, 4.69) is 4.98 Å². The number of methoxy groups -OCH3 is 1. The summed E-state index contributed by atoms with van der Waals surface area (Å²) in [4.78, 5) is 1.95. The molecule has 2 N–H and O–H groups in total. The zero-order valence-corrected chi connectivity index (χ0v) is 17.9. The molecule has 1 aromatic carbocycles. The number of halogens is 8. The lowest BCUT2D eigenvalue weighted by atomic mass is 9.83. The lowest BCUT2D eigenvalue weighted by Gasteiger charge is -2.38. The number of benzene rings is 1. The molecule has 0 bridgehead atoms. The van der Waals surface area contributed by atoms with Crippen LogP contribution in [-0.2, 0) is 33.8 Å². The van der Waals surface area contributed by atoms with Crippen LogP contribution in [0.25, 0.3) is 0 Å². The molecule has 14 heteroatoms. The van der Waals surface area contributed by atoms with Crippen molar-refractivity contribution < 1.29 is 48.3 Å². The predicted octanol–water partition coefficient (Wildman–Crippen LogP) is 5.18. The van der Waals surface area contributed by atoms with Crippen LogP contribution in [0.4, 0.5) is 40.8 Å². The number of nitrogens with one attached hydrogen (secondary N) is 2. The van der Waals surface area contributed by atoms with E-state index in [1.165, 1.54) is 6.92 Å². The summed E-state index contributed by atoms with van der Waals surface area (Å²) < 4.78 is 140. The smallest absolute Gasteiger partial charge is 0.368 e. The Morgan fingerprint density at radius 3 is 2.30 bits per heavy atom. The monoisotopic (exact) mass is 506 g/mol. The number of hydrogen-bond donors (Lipinski definition) is 2. The topological polar surface area (TPSA) is 71.2 Å². The zero-order valence-electron chi connectivity index (χ0n) is 17.1.